The van der Waals surface area contributed by atoms with Crippen molar-refractivity contribution in [1.82, 2.24) is 0 Å². The SMILES string of the molecule is C=CC(=O)OCCCCCCOc1ccc(/N=N/c2ccccc2)cc1. The topological polar surface area (TPSA) is 60.2 Å². The van der Waals surface area contributed by atoms with Crippen LogP contribution in [0.2, 0.25) is 0 Å². The summed E-state index contributed by atoms with van der Waals surface area (Å²) in [6.45, 7) is 4.47. The van der Waals surface area contributed by atoms with Gasteiger partial charge in [0.2, 0.25) is 0 Å². The summed E-state index contributed by atoms with van der Waals surface area (Å²) in [6, 6.07) is 17.2. The first-order valence-corrected chi connectivity index (χ1v) is 8.77. The van der Waals surface area contributed by atoms with Gasteiger partial charge in [-0.1, -0.05) is 24.8 Å². The Morgan fingerprint density at radius 1 is 0.846 bits per heavy atom. The van der Waals surface area contributed by atoms with Gasteiger partial charge in [0, 0.05) is 6.08 Å². The average molecular weight is 352 g/mol. The Hall–Kier alpha value is -2.95. The summed E-state index contributed by atoms with van der Waals surface area (Å²) in [7, 11) is 0. The van der Waals surface area contributed by atoms with Crippen LogP contribution in [-0.2, 0) is 9.53 Å². The van der Waals surface area contributed by atoms with Crippen molar-refractivity contribution >= 4 is 17.3 Å². The number of ether oxygens (including phenoxy) is 2. The molecular formula is C21H24N2O3. The lowest BCUT2D eigenvalue weighted by Gasteiger charge is -2.06. The summed E-state index contributed by atoms with van der Waals surface area (Å²) in [5, 5.41) is 8.38. The first-order valence-electron chi connectivity index (χ1n) is 8.77. The third-order valence-electron chi connectivity index (χ3n) is 3.59. The van der Waals surface area contributed by atoms with Crippen molar-refractivity contribution in [3.63, 3.8) is 0 Å². The van der Waals surface area contributed by atoms with Crippen LogP contribution in [0.3, 0.4) is 0 Å². The van der Waals surface area contributed by atoms with Gasteiger partial charge in [0.05, 0.1) is 24.6 Å². The molecule has 26 heavy (non-hydrogen) atoms. The lowest BCUT2D eigenvalue weighted by Crippen LogP contribution is -2.02. The summed E-state index contributed by atoms with van der Waals surface area (Å²) in [5.41, 5.74) is 1.61. The molecule has 136 valence electrons. The van der Waals surface area contributed by atoms with Crippen LogP contribution in [0.25, 0.3) is 0 Å². The molecule has 0 saturated heterocycles. The highest BCUT2D eigenvalue weighted by Gasteiger charge is 1.97. The van der Waals surface area contributed by atoms with E-state index in [0.29, 0.717) is 13.2 Å². The van der Waals surface area contributed by atoms with Crippen LogP contribution < -0.4 is 4.74 Å². The lowest BCUT2D eigenvalue weighted by molar-refractivity contribution is -0.137. The van der Waals surface area contributed by atoms with Gasteiger partial charge in [-0.15, -0.1) is 0 Å². The summed E-state index contributed by atoms with van der Waals surface area (Å²) in [5.74, 6) is 0.462. The van der Waals surface area contributed by atoms with Gasteiger partial charge >= 0.3 is 5.97 Å². The van der Waals surface area contributed by atoms with Crippen molar-refractivity contribution in [2.24, 2.45) is 10.2 Å². The van der Waals surface area contributed by atoms with Crippen molar-refractivity contribution in [3.05, 3.63) is 67.3 Å². The Kier molecular flexibility index (Phi) is 8.63. The normalized spacial score (nSPS) is 10.6. The summed E-state index contributed by atoms with van der Waals surface area (Å²) >= 11 is 0. The van der Waals surface area contributed by atoms with Crippen molar-refractivity contribution in [1.29, 1.82) is 0 Å². The molecule has 0 aliphatic heterocycles. The lowest BCUT2D eigenvalue weighted by atomic mass is 10.2. The molecule has 0 amide bonds. The summed E-state index contributed by atoms with van der Waals surface area (Å²) in [4.78, 5) is 10.9. The van der Waals surface area contributed by atoms with Gasteiger partial charge in [0.1, 0.15) is 5.75 Å². The fourth-order valence-corrected chi connectivity index (χ4v) is 2.20. The molecule has 2 rings (SSSR count). The van der Waals surface area contributed by atoms with Crippen LogP contribution in [0.5, 0.6) is 5.75 Å². The Bertz CT molecular complexity index is 697. The van der Waals surface area contributed by atoms with E-state index in [0.717, 1.165) is 42.8 Å². The van der Waals surface area contributed by atoms with Gasteiger partial charge in [0.15, 0.2) is 0 Å². The van der Waals surface area contributed by atoms with E-state index < -0.39 is 0 Å². The molecule has 0 unspecified atom stereocenters. The van der Waals surface area contributed by atoms with Crippen molar-refractivity contribution < 1.29 is 14.3 Å². The van der Waals surface area contributed by atoms with Crippen LogP contribution in [-0.4, -0.2) is 19.2 Å². The van der Waals surface area contributed by atoms with Crippen molar-refractivity contribution in [3.8, 4) is 5.75 Å². The molecule has 5 nitrogen and oxygen atoms in total. The second kappa shape index (κ2) is 11.6. The van der Waals surface area contributed by atoms with Crippen molar-refractivity contribution in [2.45, 2.75) is 25.7 Å². The third-order valence-corrected chi connectivity index (χ3v) is 3.59. The molecule has 0 radical (unpaired) electrons. The van der Waals surface area contributed by atoms with E-state index in [1.807, 2.05) is 54.6 Å². The Balaban J connectivity index is 1.60. The second-order valence-electron chi connectivity index (χ2n) is 5.66. The Morgan fingerprint density at radius 2 is 1.46 bits per heavy atom. The van der Waals surface area contributed by atoms with Gasteiger partial charge in [0.25, 0.3) is 0 Å². The minimum Gasteiger partial charge on any atom is -0.494 e. The maximum Gasteiger partial charge on any atom is 0.330 e. The number of hydrogen-bond donors (Lipinski definition) is 0. The van der Waals surface area contributed by atoms with E-state index in [9.17, 15) is 4.79 Å². The standard InChI is InChI=1S/C21H24N2O3/c1-2-21(24)26-17-9-4-3-8-16-25-20-14-12-19(13-15-20)23-22-18-10-6-5-7-11-18/h2,5-7,10-15H,1,3-4,8-9,16-17H2/b23-22+. The number of esters is 1. The molecule has 0 heterocycles. The third kappa shape index (κ3) is 7.75. The number of carbonyl (C=O) groups is 1. The predicted molar refractivity (Wildman–Crippen MR) is 102 cm³/mol. The van der Waals surface area contributed by atoms with Crippen LogP contribution in [0.15, 0.2) is 77.5 Å². The minimum absolute atomic E-state index is 0.361. The maximum atomic E-state index is 10.9. The molecule has 0 N–H and O–H groups in total. The maximum absolute atomic E-state index is 10.9. The van der Waals surface area contributed by atoms with Crippen molar-refractivity contribution in [2.75, 3.05) is 13.2 Å². The highest BCUT2D eigenvalue weighted by Crippen LogP contribution is 2.21. The van der Waals surface area contributed by atoms with Crippen LogP contribution in [0, 0.1) is 0 Å². The highest BCUT2D eigenvalue weighted by atomic mass is 16.5. The number of hydrogen-bond acceptors (Lipinski definition) is 5. The zero-order valence-corrected chi connectivity index (χ0v) is 14.8. The van der Waals surface area contributed by atoms with Crippen LogP contribution in [0.4, 0.5) is 11.4 Å². The molecule has 0 saturated carbocycles. The van der Waals surface area contributed by atoms with E-state index >= 15 is 0 Å². The summed E-state index contributed by atoms with van der Waals surface area (Å²) < 4.78 is 10.6. The largest absolute Gasteiger partial charge is 0.494 e. The molecule has 2 aromatic rings. The first kappa shape index (κ1) is 19.4. The smallest absolute Gasteiger partial charge is 0.330 e. The van der Waals surface area contributed by atoms with Gasteiger partial charge < -0.3 is 9.47 Å². The first-order chi connectivity index (χ1) is 12.8. The zero-order valence-electron chi connectivity index (χ0n) is 14.8. The minimum atomic E-state index is -0.361. The van der Waals surface area contributed by atoms with E-state index in [4.69, 9.17) is 9.47 Å². The second-order valence-corrected chi connectivity index (χ2v) is 5.66. The number of carbonyl (C=O) groups excluding carboxylic acids is 1. The van der Waals surface area contributed by atoms with E-state index in [1.54, 1.807) is 0 Å². The monoisotopic (exact) mass is 352 g/mol. The Morgan fingerprint density at radius 3 is 2.12 bits per heavy atom. The van der Waals surface area contributed by atoms with Gasteiger partial charge in [-0.2, -0.15) is 10.2 Å². The van der Waals surface area contributed by atoms with Gasteiger partial charge in [-0.3, -0.25) is 0 Å². The number of nitrogens with zero attached hydrogens (tertiary/aromatic N) is 2. The van der Waals surface area contributed by atoms with E-state index in [2.05, 4.69) is 16.8 Å². The zero-order chi connectivity index (χ0) is 18.5. The molecule has 0 bridgehead atoms. The molecule has 0 aliphatic carbocycles. The number of unbranched alkanes of at least 4 members (excludes halogenated alkanes) is 3. The number of rotatable bonds is 11. The summed E-state index contributed by atoms with van der Waals surface area (Å²) in [6.07, 6.45) is 5.05. The number of azo groups is 1. The van der Waals surface area contributed by atoms with E-state index in [1.165, 1.54) is 6.08 Å². The molecule has 0 fully saturated rings. The highest BCUT2D eigenvalue weighted by molar-refractivity contribution is 5.81. The molecule has 5 heteroatoms. The van der Waals surface area contributed by atoms with Gasteiger partial charge in [-0.05, 0) is 62.1 Å². The molecule has 0 aromatic heterocycles. The quantitative estimate of drug-likeness (QED) is 0.223. The average Bonchev–Trinajstić information content (AvgIpc) is 2.70. The van der Waals surface area contributed by atoms with Crippen LogP contribution in [0.1, 0.15) is 25.7 Å². The van der Waals surface area contributed by atoms with E-state index in [-0.39, 0.29) is 5.97 Å². The molecule has 2 aromatic carbocycles. The fourth-order valence-electron chi connectivity index (χ4n) is 2.20. The predicted octanol–water partition coefficient (Wildman–Crippen LogP) is 5.77. The van der Waals surface area contributed by atoms with Crippen LogP contribution >= 0.6 is 0 Å². The van der Waals surface area contributed by atoms with Gasteiger partial charge in [-0.25, -0.2) is 4.79 Å². The molecule has 0 atom stereocenters. The fraction of sp³-hybridized carbons (Fsp3) is 0.286. The molecule has 0 spiro atoms. The number of benzene rings is 2. The molecule has 0 aliphatic rings. The molecular weight excluding hydrogens is 328 g/mol. The Labute approximate surface area is 154 Å².